The monoisotopic (exact) mass is 345 g/mol. The smallest absolute Gasteiger partial charge is 0.149 e. The highest BCUT2D eigenvalue weighted by Crippen LogP contribution is 2.38. The highest BCUT2D eigenvalue weighted by atomic mass is 35.5. The number of pyridine rings is 1. The topological polar surface area (TPSA) is 60.2 Å². The predicted molar refractivity (Wildman–Crippen MR) is 101 cm³/mol. The lowest BCUT2D eigenvalue weighted by Gasteiger charge is -2.15. The third-order valence-corrected chi connectivity index (χ3v) is 4.86. The SMILES string of the molecule is COc1cc(Cl)c(-c2ccnc(NCCCC3CC3)c2N)cc1C. The second-order valence-corrected chi connectivity index (χ2v) is 6.84. The molecule has 0 spiro atoms. The highest BCUT2D eigenvalue weighted by molar-refractivity contribution is 6.33. The van der Waals surface area contributed by atoms with Crippen molar-refractivity contribution in [3.8, 4) is 16.9 Å². The van der Waals surface area contributed by atoms with Crippen molar-refractivity contribution >= 4 is 23.1 Å². The Kier molecular flexibility index (Phi) is 5.14. The summed E-state index contributed by atoms with van der Waals surface area (Å²) in [5.74, 6) is 2.45. The first-order valence-electron chi connectivity index (χ1n) is 8.43. The summed E-state index contributed by atoms with van der Waals surface area (Å²) < 4.78 is 5.32. The van der Waals surface area contributed by atoms with Crippen LogP contribution < -0.4 is 15.8 Å². The van der Waals surface area contributed by atoms with Gasteiger partial charge in [0.25, 0.3) is 0 Å². The Balaban J connectivity index is 1.80. The molecule has 1 heterocycles. The molecule has 0 unspecified atom stereocenters. The molecular weight excluding hydrogens is 322 g/mol. The van der Waals surface area contributed by atoms with Crippen molar-refractivity contribution < 1.29 is 4.74 Å². The van der Waals surface area contributed by atoms with Crippen molar-refractivity contribution in [3.63, 3.8) is 0 Å². The number of halogens is 1. The van der Waals surface area contributed by atoms with E-state index < -0.39 is 0 Å². The van der Waals surface area contributed by atoms with Gasteiger partial charge in [0.2, 0.25) is 0 Å². The number of nitrogen functional groups attached to an aromatic ring is 1. The zero-order chi connectivity index (χ0) is 17.1. The fourth-order valence-electron chi connectivity index (χ4n) is 2.94. The Hall–Kier alpha value is -1.94. The molecule has 4 nitrogen and oxygen atoms in total. The summed E-state index contributed by atoms with van der Waals surface area (Å²) in [7, 11) is 1.64. The summed E-state index contributed by atoms with van der Waals surface area (Å²) in [6.07, 6.45) is 7.00. The minimum atomic E-state index is 0.620. The molecule has 0 saturated heterocycles. The van der Waals surface area contributed by atoms with Gasteiger partial charge in [-0.3, -0.25) is 0 Å². The summed E-state index contributed by atoms with van der Waals surface area (Å²) >= 11 is 6.43. The Bertz CT molecular complexity index is 729. The van der Waals surface area contributed by atoms with E-state index in [0.717, 1.165) is 47.1 Å². The number of methoxy groups -OCH3 is 1. The number of rotatable bonds is 7. The first kappa shape index (κ1) is 16.9. The number of hydrogen-bond donors (Lipinski definition) is 2. The van der Waals surface area contributed by atoms with Crippen molar-refractivity contribution in [1.29, 1.82) is 0 Å². The van der Waals surface area contributed by atoms with Gasteiger partial charge in [0.15, 0.2) is 0 Å². The van der Waals surface area contributed by atoms with Crippen molar-refractivity contribution in [3.05, 3.63) is 35.0 Å². The molecule has 1 aliphatic carbocycles. The molecule has 128 valence electrons. The van der Waals surface area contributed by atoms with Crippen molar-refractivity contribution in [2.24, 2.45) is 5.92 Å². The zero-order valence-electron chi connectivity index (χ0n) is 14.2. The van der Waals surface area contributed by atoms with Crippen LogP contribution in [0, 0.1) is 12.8 Å². The second kappa shape index (κ2) is 7.31. The van der Waals surface area contributed by atoms with Crippen LogP contribution in [0.4, 0.5) is 11.5 Å². The molecule has 0 aliphatic heterocycles. The van der Waals surface area contributed by atoms with Gasteiger partial charge in [-0.25, -0.2) is 4.98 Å². The quantitative estimate of drug-likeness (QED) is 0.700. The number of ether oxygens (including phenoxy) is 1. The lowest BCUT2D eigenvalue weighted by molar-refractivity contribution is 0.412. The zero-order valence-corrected chi connectivity index (χ0v) is 15.0. The average Bonchev–Trinajstić information content (AvgIpc) is 3.39. The minimum Gasteiger partial charge on any atom is -0.496 e. The predicted octanol–water partition coefficient (Wildman–Crippen LogP) is 4.90. The van der Waals surface area contributed by atoms with Crippen LogP contribution in [0.25, 0.3) is 11.1 Å². The lowest BCUT2D eigenvalue weighted by Crippen LogP contribution is -2.07. The van der Waals surface area contributed by atoms with Gasteiger partial charge >= 0.3 is 0 Å². The molecule has 0 atom stereocenters. The normalized spacial score (nSPS) is 13.8. The molecule has 1 fully saturated rings. The van der Waals surface area contributed by atoms with Crippen LogP contribution in [0.2, 0.25) is 5.02 Å². The molecule has 0 amide bonds. The van der Waals surface area contributed by atoms with Crippen LogP contribution in [0.5, 0.6) is 5.75 Å². The molecule has 1 aromatic carbocycles. The molecular formula is C19H24ClN3O. The van der Waals surface area contributed by atoms with Crippen LogP contribution in [0.3, 0.4) is 0 Å². The van der Waals surface area contributed by atoms with Crippen molar-refractivity contribution in [1.82, 2.24) is 4.98 Å². The number of aryl methyl sites for hydroxylation is 1. The van der Waals surface area contributed by atoms with E-state index in [2.05, 4.69) is 10.3 Å². The molecule has 5 heteroatoms. The molecule has 0 bridgehead atoms. The number of benzene rings is 1. The van der Waals surface area contributed by atoms with E-state index in [4.69, 9.17) is 22.1 Å². The minimum absolute atomic E-state index is 0.620. The fraction of sp³-hybridized carbons (Fsp3) is 0.421. The van der Waals surface area contributed by atoms with E-state index in [9.17, 15) is 0 Å². The van der Waals surface area contributed by atoms with Gasteiger partial charge in [-0.05, 0) is 49.4 Å². The molecule has 1 aliphatic rings. The molecule has 0 radical (unpaired) electrons. The van der Waals surface area contributed by atoms with Crippen LogP contribution in [0.1, 0.15) is 31.2 Å². The van der Waals surface area contributed by atoms with Gasteiger partial charge in [0.05, 0.1) is 17.8 Å². The maximum atomic E-state index is 6.43. The number of anilines is 2. The third-order valence-electron chi connectivity index (χ3n) is 4.54. The summed E-state index contributed by atoms with van der Waals surface area (Å²) in [4.78, 5) is 4.38. The molecule has 24 heavy (non-hydrogen) atoms. The first-order valence-corrected chi connectivity index (χ1v) is 8.80. The van der Waals surface area contributed by atoms with Gasteiger partial charge in [0.1, 0.15) is 11.6 Å². The number of aromatic nitrogens is 1. The molecule has 3 N–H and O–H groups in total. The van der Waals surface area contributed by atoms with Gasteiger partial charge in [-0.1, -0.05) is 24.4 Å². The van der Waals surface area contributed by atoms with E-state index in [1.165, 1.54) is 19.3 Å². The van der Waals surface area contributed by atoms with Crippen LogP contribution in [-0.4, -0.2) is 18.6 Å². The maximum absolute atomic E-state index is 6.43. The van der Waals surface area contributed by atoms with E-state index >= 15 is 0 Å². The number of hydrogen-bond acceptors (Lipinski definition) is 4. The van der Waals surface area contributed by atoms with Gasteiger partial charge < -0.3 is 15.8 Å². The van der Waals surface area contributed by atoms with E-state index in [0.29, 0.717) is 10.7 Å². The van der Waals surface area contributed by atoms with Crippen LogP contribution in [0.15, 0.2) is 24.4 Å². The van der Waals surface area contributed by atoms with Gasteiger partial charge in [-0.2, -0.15) is 0 Å². The molecule has 2 aromatic rings. The number of nitrogens with zero attached hydrogens (tertiary/aromatic N) is 1. The van der Waals surface area contributed by atoms with E-state index in [1.807, 2.05) is 25.1 Å². The Morgan fingerprint density at radius 3 is 2.83 bits per heavy atom. The van der Waals surface area contributed by atoms with Gasteiger partial charge in [0, 0.05) is 23.9 Å². The van der Waals surface area contributed by atoms with Gasteiger partial charge in [-0.15, -0.1) is 0 Å². The van der Waals surface area contributed by atoms with Crippen LogP contribution >= 0.6 is 11.6 Å². The molecule has 3 rings (SSSR count). The summed E-state index contributed by atoms with van der Waals surface area (Å²) in [6, 6.07) is 5.73. The number of nitrogens with two attached hydrogens (primary N) is 1. The van der Waals surface area contributed by atoms with Crippen molar-refractivity contribution in [2.45, 2.75) is 32.6 Å². The first-order chi connectivity index (χ1) is 11.6. The Morgan fingerprint density at radius 2 is 2.12 bits per heavy atom. The Labute approximate surface area is 148 Å². The average molecular weight is 346 g/mol. The number of nitrogens with one attached hydrogen (secondary N) is 1. The lowest BCUT2D eigenvalue weighted by atomic mass is 10.0. The summed E-state index contributed by atoms with van der Waals surface area (Å²) in [5.41, 5.74) is 9.79. The molecule has 1 saturated carbocycles. The van der Waals surface area contributed by atoms with E-state index in [1.54, 1.807) is 13.3 Å². The van der Waals surface area contributed by atoms with Crippen LogP contribution in [-0.2, 0) is 0 Å². The summed E-state index contributed by atoms with van der Waals surface area (Å²) in [5, 5.41) is 3.98. The summed E-state index contributed by atoms with van der Waals surface area (Å²) in [6.45, 7) is 2.89. The molecule has 1 aromatic heterocycles. The Morgan fingerprint density at radius 1 is 1.33 bits per heavy atom. The largest absolute Gasteiger partial charge is 0.496 e. The maximum Gasteiger partial charge on any atom is 0.149 e. The third kappa shape index (κ3) is 3.75. The highest BCUT2D eigenvalue weighted by Gasteiger charge is 2.20. The van der Waals surface area contributed by atoms with E-state index in [-0.39, 0.29) is 0 Å². The standard InChI is InChI=1S/C19H24ClN3O/c1-12-10-15(16(20)11-17(12)24-2)14-7-9-23-19(18(14)21)22-8-3-4-13-5-6-13/h7,9-11,13H,3-6,8,21H2,1-2H3,(H,22,23). The second-order valence-electron chi connectivity index (χ2n) is 6.43. The van der Waals surface area contributed by atoms with Crippen molar-refractivity contribution in [2.75, 3.05) is 24.7 Å². The fourth-order valence-corrected chi connectivity index (χ4v) is 3.20.